The Bertz CT molecular complexity index is 307. The lowest BCUT2D eigenvalue weighted by atomic mass is 9.98. The summed E-state index contributed by atoms with van der Waals surface area (Å²) in [6.45, 7) is 5.92. The van der Waals surface area contributed by atoms with Gasteiger partial charge in [-0.2, -0.15) is 0 Å². The van der Waals surface area contributed by atoms with Crippen LogP contribution in [0.3, 0.4) is 0 Å². The Morgan fingerprint density at radius 2 is 2.16 bits per heavy atom. The zero-order valence-corrected chi connectivity index (χ0v) is 11.6. The number of hydrogen-bond acceptors (Lipinski definition) is 4. The molecule has 1 fully saturated rings. The fourth-order valence-electron chi connectivity index (χ4n) is 1.96. The van der Waals surface area contributed by atoms with Gasteiger partial charge >= 0.3 is 5.97 Å². The van der Waals surface area contributed by atoms with E-state index in [2.05, 4.69) is 24.5 Å². The maximum atomic E-state index is 11.5. The number of rotatable bonds is 7. The van der Waals surface area contributed by atoms with Gasteiger partial charge in [0.2, 0.25) is 5.91 Å². The Morgan fingerprint density at radius 1 is 1.42 bits per heavy atom. The van der Waals surface area contributed by atoms with Gasteiger partial charge in [0.1, 0.15) is 6.61 Å². The maximum Gasteiger partial charge on any atom is 0.307 e. The van der Waals surface area contributed by atoms with Crippen molar-refractivity contribution in [2.24, 2.45) is 11.8 Å². The number of piperidine rings is 1. The van der Waals surface area contributed by atoms with Crippen molar-refractivity contribution in [3.05, 3.63) is 0 Å². The Kier molecular flexibility index (Phi) is 6.80. The molecular formula is C13H24N2O4. The summed E-state index contributed by atoms with van der Waals surface area (Å²) in [5, 5.41) is 14.7. The summed E-state index contributed by atoms with van der Waals surface area (Å²) in [5.41, 5.74) is 0. The summed E-state index contributed by atoms with van der Waals surface area (Å²) in [6.07, 6.45) is 1.20. The summed E-state index contributed by atoms with van der Waals surface area (Å²) in [7, 11) is 0. The minimum Gasteiger partial charge on any atom is -0.481 e. The van der Waals surface area contributed by atoms with Gasteiger partial charge in [-0.05, 0) is 18.8 Å². The molecular weight excluding hydrogens is 248 g/mol. The first-order valence-corrected chi connectivity index (χ1v) is 6.81. The highest BCUT2D eigenvalue weighted by molar-refractivity contribution is 5.77. The van der Waals surface area contributed by atoms with Crippen molar-refractivity contribution in [1.29, 1.82) is 0 Å². The average Bonchev–Trinajstić information content (AvgIpc) is 2.36. The van der Waals surface area contributed by atoms with Gasteiger partial charge in [-0.3, -0.25) is 9.59 Å². The van der Waals surface area contributed by atoms with E-state index in [0.717, 1.165) is 6.42 Å². The molecule has 0 radical (unpaired) electrons. The van der Waals surface area contributed by atoms with Gasteiger partial charge in [0.05, 0.1) is 12.0 Å². The number of ether oxygens (including phenoxy) is 1. The highest BCUT2D eigenvalue weighted by Gasteiger charge is 2.27. The molecule has 6 heteroatoms. The lowest BCUT2D eigenvalue weighted by molar-refractivity contribution is -0.144. The van der Waals surface area contributed by atoms with E-state index in [0.29, 0.717) is 32.0 Å². The summed E-state index contributed by atoms with van der Waals surface area (Å²) in [6, 6.07) is 0. The Balaban J connectivity index is 2.17. The van der Waals surface area contributed by atoms with Crippen molar-refractivity contribution in [1.82, 2.24) is 10.6 Å². The van der Waals surface area contributed by atoms with Gasteiger partial charge in [-0.15, -0.1) is 0 Å². The van der Waals surface area contributed by atoms with Crippen LogP contribution in [-0.4, -0.2) is 49.3 Å². The number of carbonyl (C=O) groups excluding carboxylic acids is 1. The molecule has 1 heterocycles. The summed E-state index contributed by atoms with van der Waals surface area (Å²) >= 11 is 0. The fraction of sp³-hybridized carbons (Fsp3) is 0.846. The van der Waals surface area contributed by atoms with Gasteiger partial charge in [0.15, 0.2) is 0 Å². The second-order valence-electron chi connectivity index (χ2n) is 5.39. The lowest BCUT2D eigenvalue weighted by Crippen LogP contribution is -2.44. The van der Waals surface area contributed by atoms with Crippen LogP contribution in [0.5, 0.6) is 0 Å². The van der Waals surface area contributed by atoms with E-state index < -0.39 is 11.9 Å². The number of hydrogen-bond donors (Lipinski definition) is 3. The van der Waals surface area contributed by atoms with Crippen molar-refractivity contribution in [2.75, 3.05) is 26.2 Å². The molecule has 0 aromatic rings. The number of carboxylic acid groups (broad SMARTS) is 1. The van der Waals surface area contributed by atoms with Crippen molar-refractivity contribution in [3.63, 3.8) is 0 Å². The third-order valence-electron chi connectivity index (χ3n) is 3.15. The van der Waals surface area contributed by atoms with Crippen LogP contribution in [0.25, 0.3) is 0 Å². The summed E-state index contributed by atoms with van der Waals surface area (Å²) < 4.78 is 5.44. The molecule has 0 aromatic carbocycles. The minimum absolute atomic E-state index is 0.00319. The molecule has 0 aromatic heterocycles. The van der Waals surface area contributed by atoms with Crippen molar-refractivity contribution in [2.45, 2.75) is 32.8 Å². The Labute approximate surface area is 113 Å². The van der Waals surface area contributed by atoms with E-state index in [9.17, 15) is 9.59 Å². The number of nitrogens with one attached hydrogen (secondary N) is 2. The summed E-state index contributed by atoms with van der Waals surface area (Å²) in [5.74, 6) is -0.830. The largest absolute Gasteiger partial charge is 0.481 e. The number of carbonyl (C=O) groups is 2. The molecule has 1 saturated heterocycles. The molecule has 1 aliphatic rings. The number of aliphatic carboxylic acids is 1. The molecule has 1 aliphatic heterocycles. The fourth-order valence-corrected chi connectivity index (χ4v) is 1.96. The first-order chi connectivity index (χ1) is 8.99. The molecule has 0 bridgehead atoms. The highest BCUT2D eigenvalue weighted by atomic mass is 16.5. The van der Waals surface area contributed by atoms with Gasteiger partial charge < -0.3 is 20.5 Å². The average molecular weight is 272 g/mol. The van der Waals surface area contributed by atoms with Crippen molar-refractivity contribution in [3.8, 4) is 0 Å². The monoisotopic (exact) mass is 272 g/mol. The standard InChI is InChI=1S/C13H24N2O4/c1-9(2)3-4-15-12(16)8-19-11-5-10(13(17)18)6-14-7-11/h9-11,14H,3-8H2,1-2H3,(H,15,16)(H,17,18). The molecule has 19 heavy (non-hydrogen) atoms. The maximum absolute atomic E-state index is 11.5. The highest BCUT2D eigenvalue weighted by Crippen LogP contribution is 2.13. The van der Waals surface area contributed by atoms with E-state index in [1.54, 1.807) is 0 Å². The van der Waals surface area contributed by atoms with Crippen molar-refractivity contribution < 1.29 is 19.4 Å². The normalized spacial score (nSPS) is 23.3. The van der Waals surface area contributed by atoms with E-state index in [1.165, 1.54) is 0 Å². The van der Waals surface area contributed by atoms with E-state index in [4.69, 9.17) is 9.84 Å². The third-order valence-corrected chi connectivity index (χ3v) is 3.15. The van der Waals surface area contributed by atoms with E-state index in [1.807, 2.05) is 0 Å². The van der Waals surface area contributed by atoms with Gasteiger partial charge in [-0.1, -0.05) is 13.8 Å². The molecule has 0 spiro atoms. The van der Waals surface area contributed by atoms with Gasteiger partial charge in [-0.25, -0.2) is 0 Å². The smallest absolute Gasteiger partial charge is 0.307 e. The molecule has 0 saturated carbocycles. The van der Waals surface area contributed by atoms with Crippen LogP contribution >= 0.6 is 0 Å². The molecule has 6 nitrogen and oxygen atoms in total. The zero-order valence-electron chi connectivity index (χ0n) is 11.6. The Morgan fingerprint density at radius 3 is 2.79 bits per heavy atom. The predicted molar refractivity (Wildman–Crippen MR) is 70.8 cm³/mol. The quantitative estimate of drug-likeness (QED) is 0.617. The first-order valence-electron chi connectivity index (χ1n) is 6.81. The predicted octanol–water partition coefficient (Wildman–Crippen LogP) is 0.228. The van der Waals surface area contributed by atoms with Crippen LogP contribution in [-0.2, 0) is 14.3 Å². The van der Waals surface area contributed by atoms with Crippen LogP contribution in [0.15, 0.2) is 0 Å². The lowest BCUT2D eigenvalue weighted by Gasteiger charge is -2.27. The van der Waals surface area contributed by atoms with E-state index >= 15 is 0 Å². The van der Waals surface area contributed by atoms with Crippen LogP contribution < -0.4 is 10.6 Å². The molecule has 0 aliphatic carbocycles. The number of carboxylic acids is 1. The van der Waals surface area contributed by atoms with Crippen LogP contribution in [0.2, 0.25) is 0 Å². The minimum atomic E-state index is -0.817. The van der Waals surface area contributed by atoms with Gasteiger partial charge in [0.25, 0.3) is 0 Å². The van der Waals surface area contributed by atoms with Crippen molar-refractivity contribution >= 4 is 11.9 Å². The van der Waals surface area contributed by atoms with Crippen LogP contribution in [0.4, 0.5) is 0 Å². The first kappa shape index (κ1) is 15.9. The van der Waals surface area contributed by atoms with Crippen LogP contribution in [0.1, 0.15) is 26.7 Å². The third kappa shape index (κ3) is 6.54. The number of amides is 1. The second kappa shape index (κ2) is 8.12. The molecule has 1 amide bonds. The second-order valence-corrected chi connectivity index (χ2v) is 5.39. The topological polar surface area (TPSA) is 87.7 Å². The van der Waals surface area contributed by atoms with Crippen LogP contribution in [0, 0.1) is 11.8 Å². The molecule has 2 atom stereocenters. The zero-order chi connectivity index (χ0) is 14.3. The molecule has 1 rings (SSSR count). The Hall–Kier alpha value is -1.14. The molecule has 110 valence electrons. The van der Waals surface area contributed by atoms with Gasteiger partial charge in [0, 0.05) is 19.6 Å². The SMILES string of the molecule is CC(C)CCNC(=O)COC1CNCC(C(=O)O)C1. The summed E-state index contributed by atoms with van der Waals surface area (Å²) in [4.78, 5) is 22.4. The van der Waals surface area contributed by atoms with E-state index in [-0.39, 0.29) is 18.6 Å². The molecule has 3 N–H and O–H groups in total. The molecule has 2 unspecified atom stereocenters.